The molecule has 0 atom stereocenters. The number of benzene rings is 1. The number of hydrogen-bond donors (Lipinski definition) is 1. The summed E-state index contributed by atoms with van der Waals surface area (Å²) in [6.07, 6.45) is 0. The standard InChI is InChI=1S/C14H16ClNOS/c1-10-11(7-14(18-10)8-16-2)9-17-13-5-3-12(15)4-6-13/h3-7,16H,8-9H2,1-2H3. The van der Waals surface area contributed by atoms with Gasteiger partial charge in [0.15, 0.2) is 0 Å². The highest BCUT2D eigenvalue weighted by molar-refractivity contribution is 7.12. The third kappa shape index (κ3) is 3.48. The minimum atomic E-state index is 0.605. The quantitative estimate of drug-likeness (QED) is 0.894. The van der Waals surface area contributed by atoms with Gasteiger partial charge >= 0.3 is 0 Å². The van der Waals surface area contributed by atoms with E-state index in [1.54, 1.807) is 0 Å². The van der Waals surface area contributed by atoms with E-state index in [0.717, 1.165) is 17.3 Å². The van der Waals surface area contributed by atoms with Gasteiger partial charge in [-0.2, -0.15) is 0 Å². The van der Waals surface area contributed by atoms with Gasteiger partial charge < -0.3 is 10.1 Å². The summed E-state index contributed by atoms with van der Waals surface area (Å²) in [6, 6.07) is 9.65. The fraction of sp³-hybridized carbons (Fsp3) is 0.286. The smallest absolute Gasteiger partial charge is 0.119 e. The molecule has 18 heavy (non-hydrogen) atoms. The van der Waals surface area contributed by atoms with Gasteiger partial charge in [-0.1, -0.05) is 11.6 Å². The number of aryl methyl sites for hydroxylation is 1. The second-order valence-corrected chi connectivity index (χ2v) is 5.84. The highest BCUT2D eigenvalue weighted by Crippen LogP contribution is 2.23. The Hall–Kier alpha value is -1.03. The van der Waals surface area contributed by atoms with Crippen LogP contribution < -0.4 is 10.1 Å². The van der Waals surface area contributed by atoms with Gasteiger partial charge in [0, 0.05) is 26.9 Å². The van der Waals surface area contributed by atoms with Gasteiger partial charge in [-0.3, -0.25) is 0 Å². The molecule has 0 unspecified atom stereocenters. The van der Waals surface area contributed by atoms with Crippen LogP contribution in [0.3, 0.4) is 0 Å². The van der Waals surface area contributed by atoms with Crippen LogP contribution in [-0.2, 0) is 13.2 Å². The molecule has 1 aromatic heterocycles. The number of ether oxygens (including phenoxy) is 1. The molecule has 0 aliphatic heterocycles. The summed E-state index contributed by atoms with van der Waals surface area (Å²) < 4.78 is 5.75. The van der Waals surface area contributed by atoms with E-state index in [1.165, 1.54) is 15.3 Å². The third-order valence-electron chi connectivity index (χ3n) is 2.63. The van der Waals surface area contributed by atoms with Crippen molar-refractivity contribution < 1.29 is 4.74 Å². The van der Waals surface area contributed by atoms with E-state index in [4.69, 9.17) is 16.3 Å². The van der Waals surface area contributed by atoms with Crippen molar-refractivity contribution in [2.45, 2.75) is 20.1 Å². The molecule has 1 aromatic carbocycles. The summed E-state index contributed by atoms with van der Waals surface area (Å²) in [5.74, 6) is 0.847. The highest BCUT2D eigenvalue weighted by atomic mass is 35.5. The third-order valence-corrected chi connectivity index (χ3v) is 3.98. The van der Waals surface area contributed by atoms with Crippen LogP contribution in [-0.4, -0.2) is 7.05 Å². The molecule has 0 saturated heterocycles. The molecule has 2 rings (SSSR count). The van der Waals surface area contributed by atoms with Gasteiger partial charge in [0.05, 0.1) is 0 Å². The molecule has 0 radical (unpaired) electrons. The van der Waals surface area contributed by atoms with Crippen molar-refractivity contribution in [3.63, 3.8) is 0 Å². The first-order valence-corrected chi connectivity index (χ1v) is 6.99. The Labute approximate surface area is 117 Å². The summed E-state index contributed by atoms with van der Waals surface area (Å²) in [7, 11) is 1.96. The highest BCUT2D eigenvalue weighted by Gasteiger charge is 2.05. The Morgan fingerprint density at radius 1 is 1.28 bits per heavy atom. The van der Waals surface area contributed by atoms with Crippen molar-refractivity contribution in [1.82, 2.24) is 5.32 Å². The van der Waals surface area contributed by atoms with E-state index in [1.807, 2.05) is 42.6 Å². The molecule has 0 spiro atoms. The monoisotopic (exact) mass is 281 g/mol. The first-order chi connectivity index (χ1) is 8.69. The Morgan fingerprint density at radius 2 is 2.00 bits per heavy atom. The van der Waals surface area contributed by atoms with Crippen molar-refractivity contribution in [3.8, 4) is 5.75 Å². The Kier molecular flexibility index (Phi) is 4.64. The number of hydrogen-bond acceptors (Lipinski definition) is 3. The summed E-state index contributed by atoms with van der Waals surface area (Å²) in [5, 5.41) is 3.89. The van der Waals surface area contributed by atoms with Crippen LogP contribution in [0.2, 0.25) is 5.02 Å². The largest absolute Gasteiger partial charge is 0.489 e. The van der Waals surface area contributed by atoms with E-state index >= 15 is 0 Å². The molecule has 0 fully saturated rings. The second-order valence-electron chi connectivity index (χ2n) is 4.07. The SMILES string of the molecule is CNCc1cc(COc2ccc(Cl)cc2)c(C)s1. The van der Waals surface area contributed by atoms with Gasteiger partial charge in [0.2, 0.25) is 0 Å². The zero-order valence-electron chi connectivity index (χ0n) is 10.5. The van der Waals surface area contributed by atoms with Crippen LogP contribution in [0.5, 0.6) is 5.75 Å². The lowest BCUT2D eigenvalue weighted by molar-refractivity contribution is 0.306. The number of rotatable bonds is 5. The van der Waals surface area contributed by atoms with Crippen LogP contribution >= 0.6 is 22.9 Å². The van der Waals surface area contributed by atoms with E-state index in [9.17, 15) is 0 Å². The maximum Gasteiger partial charge on any atom is 0.119 e. The molecule has 0 aliphatic rings. The van der Waals surface area contributed by atoms with Gasteiger partial charge in [-0.05, 0) is 44.3 Å². The zero-order chi connectivity index (χ0) is 13.0. The predicted octanol–water partition coefficient (Wildman–Crippen LogP) is 4.01. The summed E-state index contributed by atoms with van der Waals surface area (Å²) in [6.45, 7) is 3.64. The molecule has 0 aliphatic carbocycles. The molecular weight excluding hydrogens is 266 g/mol. The van der Waals surface area contributed by atoms with E-state index in [2.05, 4.69) is 18.3 Å². The van der Waals surface area contributed by atoms with Gasteiger partial charge in [-0.15, -0.1) is 11.3 Å². The van der Waals surface area contributed by atoms with E-state index < -0.39 is 0 Å². The maximum atomic E-state index is 5.83. The minimum Gasteiger partial charge on any atom is -0.489 e. The van der Waals surface area contributed by atoms with Crippen LogP contribution in [0.25, 0.3) is 0 Å². The first-order valence-electron chi connectivity index (χ1n) is 5.80. The fourth-order valence-electron chi connectivity index (χ4n) is 1.68. The van der Waals surface area contributed by atoms with Crippen molar-refractivity contribution in [2.75, 3.05) is 7.05 Å². The van der Waals surface area contributed by atoms with E-state index in [-0.39, 0.29) is 0 Å². The molecule has 1 heterocycles. The van der Waals surface area contributed by atoms with Crippen LogP contribution in [0.15, 0.2) is 30.3 Å². The molecule has 2 aromatic rings. The lowest BCUT2D eigenvalue weighted by atomic mass is 10.2. The predicted molar refractivity (Wildman–Crippen MR) is 77.6 cm³/mol. The molecule has 96 valence electrons. The number of nitrogens with one attached hydrogen (secondary N) is 1. The summed E-state index contributed by atoms with van der Waals surface area (Å²) in [4.78, 5) is 2.65. The molecular formula is C14H16ClNOS. The zero-order valence-corrected chi connectivity index (χ0v) is 12.1. The first kappa shape index (κ1) is 13.4. The summed E-state index contributed by atoms with van der Waals surface area (Å²) >= 11 is 7.64. The lowest BCUT2D eigenvalue weighted by Gasteiger charge is -2.05. The van der Waals surface area contributed by atoms with Crippen molar-refractivity contribution in [2.24, 2.45) is 0 Å². The Balaban J connectivity index is 1.99. The average molecular weight is 282 g/mol. The van der Waals surface area contributed by atoms with Crippen LogP contribution in [0.1, 0.15) is 15.3 Å². The van der Waals surface area contributed by atoms with Gasteiger partial charge in [-0.25, -0.2) is 0 Å². The van der Waals surface area contributed by atoms with Crippen LogP contribution in [0.4, 0.5) is 0 Å². The molecule has 0 bridgehead atoms. The average Bonchev–Trinajstić information content (AvgIpc) is 2.70. The van der Waals surface area contributed by atoms with Crippen molar-refractivity contribution in [1.29, 1.82) is 0 Å². The Bertz CT molecular complexity index is 507. The van der Waals surface area contributed by atoms with E-state index in [0.29, 0.717) is 6.61 Å². The van der Waals surface area contributed by atoms with Gasteiger partial charge in [0.1, 0.15) is 12.4 Å². The minimum absolute atomic E-state index is 0.605. The molecule has 4 heteroatoms. The van der Waals surface area contributed by atoms with Gasteiger partial charge in [0.25, 0.3) is 0 Å². The summed E-state index contributed by atoms with van der Waals surface area (Å²) in [5.41, 5.74) is 1.25. The number of thiophene rings is 1. The molecule has 2 nitrogen and oxygen atoms in total. The lowest BCUT2D eigenvalue weighted by Crippen LogP contribution is -2.02. The Morgan fingerprint density at radius 3 is 2.67 bits per heavy atom. The van der Waals surface area contributed by atoms with Crippen LogP contribution in [0, 0.1) is 6.92 Å². The molecule has 0 saturated carbocycles. The molecule has 0 amide bonds. The second kappa shape index (κ2) is 6.23. The molecule has 1 N–H and O–H groups in total. The van der Waals surface area contributed by atoms with Crippen molar-refractivity contribution >= 4 is 22.9 Å². The van der Waals surface area contributed by atoms with Crippen molar-refractivity contribution in [3.05, 3.63) is 50.7 Å². The normalized spacial score (nSPS) is 10.6. The topological polar surface area (TPSA) is 21.3 Å². The maximum absolute atomic E-state index is 5.83. The fourth-order valence-corrected chi connectivity index (χ4v) is 2.87. The number of halogens is 1.